The number of hydrogen-bond acceptors (Lipinski definition) is 2. The fraction of sp³-hybridized carbons (Fsp3) is 0.375. The van der Waals surface area contributed by atoms with Crippen molar-refractivity contribution in [3.05, 3.63) is 41.3 Å². The van der Waals surface area contributed by atoms with Crippen molar-refractivity contribution in [2.24, 2.45) is 7.05 Å². The summed E-state index contributed by atoms with van der Waals surface area (Å²) in [6, 6.07) is 8.59. The highest BCUT2D eigenvalue weighted by Gasteiger charge is 2.17. The Morgan fingerprint density at radius 1 is 1.26 bits per heavy atom. The smallest absolute Gasteiger partial charge is 0.147 e. The Hall–Kier alpha value is -2.08. The van der Waals surface area contributed by atoms with E-state index in [9.17, 15) is 5.26 Å². The summed E-state index contributed by atoms with van der Waals surface area (Å²) < 4.78 is 1.76. The average molecular weight is 253 g/mol. The van der Waals surface area contributed by atoms with Crippen LogP contribution in [0.3, 0.4) is 0 Å². The van der Waals surface area contributed by atoms with E-state index in [0.29, 0.717) is 5.69 Å². The van der Waals surface area contributed by atoms with Gasteiger partial charge in [-0.15, -0.1) is 0 Å². The molecule has 0 unspecified atom stereocenters. The molecule has 0 radical (unpaired) electrons. The minimum atomic E-state index is 0.130. The molecule has 0 fully saturated rings. The summed E-state index contributed by atoms with van der Waals surface area (Å²) >= 11 is 0. The van der Waals surface area contributed by atoms with Crippen molar-refractivity contribution in [2.75, 3.05) is 0 Å². The van der Waals surface area contributed by atoms with Gasteiger partial charge in [0.15, 0.2) is 0 Å². The minimum Gasteiger partial charge on any atom is -0.325 e. The SMILES string of the molecule is Cc1cc(C(C)(C)C)ccc1-c1ncn(C)c1C#N. The Morgan fingerprint density at radius 3 is 2.47 bits per heavy atom. The Bertz CT molecular complexity index is 652. The van der Waals surface area contributed by atoms with Crippen LogP contribution < -0.4 is 0 Å². The molecule has 0 aliphatic rings. The highest BCUT2D eigenvalue weighted by atomic mass is 15.0. The summed E-state index contributed by atoms with van der Waals surface area (Å²) in [4.78, 5) is 4.35. The minimum absolute atomic E-state index is 0.130. The highest BCUT2D eigenvalue weighted by Crippen LogP contribution is 2.30. The van der Waals surface area contributed by atoms with Gasteiger partial charge in [0.2, 0.25) is 0 Å². The zero-order valence-electron chi connectivity index (χ0n) is 12.2. The standard InChI is InChI=1S/C16H19N3/c1-11-8-12(16(2,3)4)6-7-13(11)15-14(9-17)19(5)10-18-15/h6-8,10H,1-5H3. The lowest BCUT2D eigenvalue weighted by Crippen LogP contribution is -2.11. The third-order valence-corrected chi connectivity index (χ3v) is 3.39. The largest absolute Gasteiger partial charge is 0.325 e. The molecule has 0 spiro atoms. The van der Waals surface area contributed by atoms with Gasteiger partial charge in [-0.25, -0.2) is 4.98 Å². The van der Waals surface area contributed by atoms with Crippen LogP contribution in [-0.4, -0.2) is 9.55 Å². The van der Waals surface area contributed by atoms with Gasteiger partial charge in [-0.1, -0.05) is 39.0 Å². The summed E-state index contributed by atoms with van der Waals surface area (Å²) in [5.74, 6) is 0. The van der Waals surface area contributed by atoms with Crippen LogP contribution >= 0.6 is 0 Å². The van der Waals surface area contributed by atoms with Crippen molar-refractivity contribution in [3.63, 3.8) is 0 Å². The first-order valence-corrected chi connectivity index (χ1v) is 6.37. The number of rotatable bonds is 1. The molecular weight excluding hydrogens is 234 g/mol. The molecule has 3 nitrogen and oxygen atoms in total. The van der Waals surface area contributed by atoms with Crippen LogP contribution in [0.25, 0.3) is 11.3 Å². The lowest BCUT2D eigenvalue weighted by Gasteiger charge is -2.20. The molecule has 0 atom stereocenters. The van der Waals surface area contributed by atoms with Crippen LogP contribution in [0.5, 0.6) is 0 Å². The zero-order chi connectivity index (χ0) is 14.2. The molecule has 1 heterocycles. The van der Waals surface area contributed by atoms with Crippen LogP contribution in [0, 0.1) is 18.3 Å². The molecule has 0 saturated heterocycles. The highest BCUT2D eigenvalue weighted by molar-refractivity contribution is 5.69. The van der Waals surface area contributed by atoms with Gasteiger partial charge in [-0.05, 0) is 23.5 Å². The van der Waals surface area contributed by atoms with Gasteiger partial charge in [0, 0.05) is 12.6 Å². The maximum absolute atomic E-state index is 9.21. The molecule has 0 amide bonds. The van der Waals surface area contributed by atoms with Crippen molar-refractivity contribution < 1.29 is 0 Å². The van der Waals surface area contributed by atoms with Crippen molar-refractivity contribution in [3.8, 4) is 17.3 Å². The summed E-state index contributed by atoms with van der Waals surface area (Å²) in [6.07, 6.45) is 1.69. The summed E-state index contributed by atoms with van der Waals surface area (Å²) in [6.45, 7) is 8.66. The van der Waals surface area contributed by atoms with Crippen molar-refractivity contribution in [2.45, 2.75) is 33.1 Å². The predicted octanol–water partition coefficient (Wildman–Crippen LogP) is 3.56. The average Bonchev–Trinajstić information content (AvgIpc) is 2.69. The van der Waals surface area contributed by atoms with Crippen LogP contribution in [0.1, 0.15) is 37.6 Å². The fourth-order valence-electron chi connectivity index (χ4n) is 2.16. The second-order valence-electron chi connectivity index (χ2n) is 5.94. The molecule has 98 valence electrons. The molecule has 0 saturated carbocycles. The van der Waals surface area contributed by atoms with Crippen molar-refractivity contribution in [1.29, 1.82) is 5.26 Å². The first kappa shape index (κ1) is 13.4. The molecule has 0 aliphatic carbocycles. The molecular formula is C16H19N3. The number of imidazole rings is 1. The molecule has 0 aliphatic heterocycles. The number of hydrogen-bond donors (Lipinski definition) is 0. The van der Waals surface area contributed by atoms with Gasteiger partial charge < -0.3 is 4.57 Å². The van der Waals surface area contributed by atoms with Crippen LogP contribution in [0.4, 0.5) is 0 Å². The number of aryl methyl sites for hydroxylation is 2. The van der Waals surface area contributed by atoms with E-state index >= 15 is 0 Å². The Balaban J connectivity index is 2.56. The van der Waals surface area contributed by atoms with E-state index in [1.807, 2.05) is 7.05 Å². The van der Waals surface area contributed by atoms with Crippen molar-refractivity contribution in [1.82, 2.24) is 9.55 Å². The monoisotopic (exact) mass is 253 g/mol. The lowest BCUT2D eigenvalue weighted by molar-refractivity contribution is 0.590. The Kier molecular flexibility index (Phi) is 3.20. The summed E-state index contributed by atoms with van der Waals surface area (Å²) in [7, 11) is 1.84. The second kappa shape index (κ2) is 4.55. The first-order chi connectivity index (χ1) is 8.84. The molecule has 1 aromatic carbocycles. The maximum atomic E-state index is 9.21. The van der Waals surface area contributed by atoms with E-state index in [1.54, 1.807) is 10.9 Å². The molecule has 0 N–H and O–H groups in total. The van der Waals surface area contributed by atoms with E-state index in [1.165, 1.54) is 5.56 Å². The van der Waals surface area contributed by atoms with E-state index in [-0.39, 0.29) is 5.41 Å². The third-order valence-electron chi connectivity index (χ3n) is 3.39. The molecule has 1 aromatic heterocycles. The molecule has 2 aromatic rings. The topological polar surface area (TPSA) is 41.6 Å². The zero-order valence-corrected chi connectivity index (χ0v) is 12.2. The van der Waals surface area contributed by atoms with Gasteiger partial charge >= 0.3 is 0 Å². The van der Waals surface area contributed by atoms with Crippen LogP contribution in [0.2, 0.25) is 0 Å². The third kappa shape index (κ3) is 2.39. The van der Waals surface area contributed by atoms with Gasteiger partial charge in [0.05, 0.1) is 6.33 Å². The first-order valence-electron chi connectivity index (χ1n) is 6.37. The van der Waals surface area contributed by atoms with Crippen LogP contribution in [-0.2, 0) is 12.5 Å². The van der Waals surface area contributed by atoms with Gasteiger partial charge in [0.1, 0.15) is 17.5 Å². The van der Waals surface area contributed by atoms with Crippen LogP contribution in [0.15, 0.2) is 24.5 Å². The van der Waals surface area contributed by atoms with E-state index in [4.69, 9.17) is 0 Å². The van der Waals surface area contributed by atoms with Gasteiger partial charge in [-0.3, -0.25) is 0 Å². The Labute approximate surface area is 114 Å². The second-order valence-corrected chi connectivity index (χ2v) is 5.94. The number of nitriles is 1. The van der Waals surface area contributed by atoms with E-state index in [0.717, 1.165) is 16.8 Å². The van der Waals surface area contributed by atoms with Gasteiger partial charge in [-0.2, -0.15) is 5.26 Å². The fourth-order valence-corrected chi connectivity index (χ4v) is 2.16. The predicted molar refractivity (Wildman–Crippen MR) is 76.8 cm³/mol. The van der Waals surface area contributed by atoms with E-state index in [2.05, 4.69) is 56.9 Å². The number of aromatic nitrogens is 2. The molecule has 19 heavy (non-hydrogen) atoms. The quantitative estimate of drug-likeness (QED) is 0.779. The maximum Gasteiger partial charge on any atom is 0.147 e. The lowest BCUT2D eigenvalue weighted by atomic mass is 9.85. The Morgan fingerprint density at radius 2 is 1.95 bits per heavy atom. The van der Waals surface area contributed by atoms with Gasteiger partial charge in [0.25, 0.3) is 0 Å². The summed E-state index contributed by atoms with van der Waals surface area (Å²) in [5, 5.41) is 9.21. The molecule has 2 rings (SSSR count). The molecule has 3 heteroatoms. The van der Waals surface area contributed by atoms with Crippen molar-refractivity contribution >= 4 is 0 Å². The summed E-state index contributed by atoms with van der Waals surface area (Å²) in [5.41, 5.74) is 4.98. The van der Waals surface area contributed by atoms with E-state index < -0.39 is 0 Å². The number of benzene rings is 1. The number of nitrogens with zero attached hydrogens (tertiary/aromatic N) is 3. The normalized spacial score (nSPS) is 11.4. The molecule has 0 bridgehead atoms.